The molecule has 0 rings (SSSR count). The van der Waals surface area contributed by atoms with Gasteiger partial charge in [-0.3, -0.25) is 4.79 Å². The molecule has 6 nitrogen and oxygen atoms in total. The van der Waals surface area contributed by atoms with Crippen molar-refractivity contribution in [1.29, 1.82) is 0 Å². The summed E-state index contributed by atoms with van der Waals surface area (Å²) in [7, 11) is -2.31. The Kier molecular flexibility index (Phi) is 5.19. The van der Waals surface area contributed by atoms with Crippen LogP contribution in [0.1, 0.15) is 27.2 Å². The van der Waals surface area contributed by atoms with Gasteiger partial charge in [0.2, 0.25) is 0 Å². The highest BCUT2D eigenvalue weighted by atomic mass is 32.2. The normalized spacial score (nSPS) is 14.5. The van der Waals surface area contributed by atoms with Crippen molar-refractivity contribution < 1.29 is 18.3 Å². The molecule has 0 aliphatic heterocycles. The van der Waals surface area contributed by atoms with E-state index in [0.29, 0.717) is 0 Å². The molecule has 90 valence electrons. The van der Waals surface area contributed by atoms with Gasteiger partial charge in [-0.15, -0.1) is 0 Å². The van der Waals surface area contributed by atoms with Crippen LogP contribution in [0.25, 0.3) is 0 Å². The molecule has 0 aromatic carbocycles. The first-order valence-corrected chi connectivity index (χ1v) is 6.14. The molecule has 0 saturated carbocycles. The van der Waals surface area contributed by atoms with Gasteiger partial charge in [-0.1, -0.05) is 6.92 Å². The number of carbonyl (C=O) groups is 1. The zero-order chi connectivity index (χ0) is 12.2. The van der Waals surface area contributed by atoms with Crippen LogP contribution in [0, 0.1) is 0 Å². The second kappa shape index (κ2) is 5.43. The lowest BCUT2D eigenvalue weighted by Crippen LogP contribution is -2.48. The Hall–Kier alpha value is -0.660. The summed E-state index contributed by atoms with van der Waals surface area (Å²) in [5.41, 5.74) is 0. The van der Waals surface area contributed by atoms with Gasteiger partial charge < -0.3 is 5.11 Å². The smallest absolute Gasteiger partial charge is 0.321 e. The van der Waals surface area contributed by atoms with Crippen LogP contribution >= 0.6 is 0 Å². The van der Waals surface area contributed by atoms with E-state index in [-0.39, 0.29) is 12.5 Å². The summed E-state index contributed by atoms with van der Waals surface area (Å²) in [6.45, 7) is 5.03. The molecule has 1 unspecified atom stereocenters. The molecule has 0 saturated heterocycles. The lowest BCUT2D eigenvalue weighted by atomic mass is 10.2. The van der Waals surface area contributed by atoms with Gasteiger partial charge in [0.15, 0.2) is 0 Å². The highest BCUT2D eigenvalue weighted by Gasteiger charge is 2.26. The molecular weight excluding hydrogens is 220 g/mol. The van der Waals surface area contributed by atoms with Crippen molar-refractivity contribution in [1.82, 2.24) is 9.03 Å². The second-order valence-electron chi connectivity index (χ2n) is 3.53. The van der Waals surface area contributed by atoms with Gasteiger partial charge in [0.25, 0.3) is 10.2 Å². The Morgan fingerprint density at radius 1 is 1.47 bits per heavy atom. The van der Waals surface area contributed by atoms with Crippen LogP contribution in [-0.2, 0) is 15.0 Å². The van der Waals surface area contributed by atoms with E-state index in [9.17, 15) is 13.2 Å². The number of carboxylic acid groups (broad SMARTS) is 1. The average molecular weight is 238 g/mol. The van der Waals surface area contributed by atoms with Gasteiger partial charge in [-0.25, -0.2) is 0 Å². The highest BCUT2D eigenvalue weighted by Crippen LogP contribution is 2.03. The lowest BCUT2D eigenvalue weighted by molar-refractivity contribution is -0.139. The minimum atomic E-state index is -3.71. The Morgan fingerprint density at radius 2 is 1.93 bits per heavy atom. The predicted octanol–water partition coefficient (Wildman–Crippen LogP) is 0.0242. The van der Waals surface area contributed by atoms with Crippen molar-refractivity contribution in [2.45, 2.75) is 39.3 Å². The van der Waals surface area contributed by atoms with E-state index in [4.69, 9.17) is 5.11 Å². The van der Waals surface area contributed by atoms with Crippen LogP contribution in [0.4, 0.5) is 0 Å². The zero-order valence-corrected chi connectivity index (χ0v) is 10.2. The molecule has 0 amide bonds. The molecule has 2 N–H and O–H groups in total. The molecule has 0 aliphatic rings. The topological polar surface area (TPSA) is 86.7 Å². The van der Waals surface area contributed by atoms with Crippen molar-refractivity contribution >= 4 is 16.2 Å². The van der Waals surface area contributed by atoms with Crippen LogP contribution in [-0.4, -0.2) is 42.9 Å². The molecule has 1 atom stereocenters. The maximum Gasteiger partial charge on any atom is 0.321 e. The SMILES string of the molecule is CCC(NS(=O)(=O)N(C)C(C)C)C(=O)O. The molecule has 0 aromatic heterocycles. The summed E-state index contributed by atoms with van der Waals surface area (Å²) in [5, 5.41) is 8.71. The first-order chi connectivity index (χ1) is 6.72. The van der Waals surface area contributed by atoms with E-state index < -0.39 is 22.2 Å². The molecule has 15 heavy (non-hydrogen) atoms. The third-order valence-electron chi connectivity index (χ3n) is 2.10. The van der Waals surface area contributed by atoms with Gasteiger partial charge in [0, 0.05) is 13.1 Å². The van der Waals surface area contributed by atoms with Crippen LogP contribution in [0.5, 0.6) is 0 Å². The summed E-state index contributed by atoms with van der Waals surface area (Å²) < 4.78 is 26.4. The monoisotopic (exact) mass is 238 g/mol. The molecule has 0 radical (unpaired) electrons. The highest BCUT2D eigenvalue weighted by molar-refractivity contribution is 7.87. The standard InChI is InChI=1S/C8H18N2O4S/c1-5-7(8(11)12)9-15(13,14)10(4)6(2)3/h6-7,9H,5H2,1-4H3,(H,11,12). The van der Waals surface area contributed by atoms with Gasteiger partial charge in [0.05, 0.1) is 0 Å². The summed E-state index contributed by atoms with van der Waals surface area (Å²) >= 11 is 0. The van der Waals surface area contributed by atoms with Crippen LogP contribution < -0.4 is 4.72 Å². The van der Waals surface area contributed by atoms with Crippen molar-refractivity contribution in [3.63, 3.8) is 0 Å². The van der Waals surface area contributed by atoms with Crippen molar-refractivity contribution in [2.75, 3.05) is 7.05 Å². The number of nitrogens with zero attached hydrogens (tertiary/aromatic N) is 1. The zero-order valence-electron chi connectivity index (χ0n) is 9.39. The van der Waals surface area contributed by atoms with Crippen molar-refractivity contribution in [3.05, 3.63) is 0 Å². The fourth-order valence-electron chi connectivity index (χ4n) is 0.849. The van der Waals surface area contributed by atoms with Crippen LogP contribution in [0.3, 0.4) is 0 Å². The Labute approximate surface area is 90.5 Å². The molecule has 0 bridgehead atoms. The Bertz CT molecular complexity index is 313. The molecule has 0 aromatic rings. The van der Waals surface area contributed by atoms with Crippen molar-refractivity contribution in [3.8, 4) is 0 Å². The number of rotatable bonds is 6. The first kappa shape index (κ1) is 14.3. The molecular formula is C8H18N2O4S. The summed E-state index contributed by atoms with van der Waals surface area (Å²) in [6.07, 6.45) is 0.209. The van der Waals surface area contributed by atoms with Gasteiger partial charge in [-0.05, 0) is 20.3 Å². The first-order valence-electron chi connectivity index (χ1n) is 4.70. The van der Waals surface area contributed by atoms with E-state index in [0.717, 1.165) is 4.31 Å². The van der Waals surface area contributed by atoms with E-state index in [1.54, 1.807) is 20.8 Å². The third-order valence-corrected chi connectivity index (χ3v) is 3.87. The molecule has 0 aliphatic carbocycles. The predicted molar refractivity (Wildman–Crippen MR) is 56.7 cm³/mol. The fraction of sp³-hybridized carbons (Fsp3) is 0.875. The molecule has 0 fully saturated rings. The number of hydrogen-bond acceptors (Lipinski definition) is 3. The fourth-order valence-corrected chi connectivity index (χ4v) is 2.20. The van der Waals surface area contributed by atoms with E-state index in [2.05, 4.69) is 4.72 Å². The lowest BCUT2D eigenvalue weighted by Gasteiger charge is -2.23. The summed E-state index contributed by atoms with van der Waals surface area (Å²) in [6, 6.07) is -1.29. The number of hydrogen-bond donors (Lipinski definition) is 2. The van der Waals surface area contributed by atoms with E-state index in [1.807, 2.05) is 0 Å². The summed E-state index contributed by atoms with van der Waals surface area (Å²) in [4.78, 5) is 10.7. The maximum atomic E-state index is 11.6. The number of aliphatic carboxylic acids is 1. The summed E-state index contributed by atoms with van der Waals surface area (Å²) in [5.74, 6) is -1.17. The Balaban J connectivity index is 4.70. The van der Waals surface area contributed by atoms with E-state index in [1.165, 1.54) is 7.05 Å². The molecule has 0 spiro atoms. The van der Waals surface area contributed by atoms with E-state index >= 15 is 0 Å². The van der Waals surface area contributed by atoms with Crippen LogP contribution in [0.2, 0.25) is 0 Å². The minimum Gasteiger partial charge on any atom is -0.480 e. The number of carboxylic acids is 1. The molecule has 7 heteroatoms. The third kappa shape index (κ3) is 4.15. The van der Waals surface area contributed by atoms with Gasteiger partial charge in [0.1, 0.15) is 6.04 Å². The number of nitrogens with one attached hydrogen (secondary N) is 1. The Morgan fingerprint density at radius 3 is 2.20 bits per heavy atom. The molecule has 0 heterocycles. The van der Waals surface area contributed by atoms with Gasteiger partial charge in [-0.2, -0.15) is 17.4 Å². The second-order valence-corrected chi connectivity index (χ2v) is 5.29. The maximum absolute atomic E-state index is 11.6. The van der Waals surface area contributed by atoms with Crippen molar-refractivity contribution in [2.24, 2.45) is 0 Å². The quantitative estimate of drug-likeness (QED) is 0.683. The van der Waals surface area contributed by atoms with Gasteiger partial charge >= 0.3 is 5.97 Å². The van der Waals surface area contributed by atoms with Crippen LogP contribution in [0.15, 0.2) is 0 Å². The largest absolute Gasteiger partial charge is 0.480 e. The minimum absolute atomic E-state index is 0.209. The average Bonchev–Trinajstić information content (AvgIpc) is 2.12.